The summed E-state index contributed by atoms with van der Waals surface area (Å²) >= 11 is 12.0. The van der Waals surface area contributed by atoms with Crippen molar-refractivity contribution in [3.8, 4) is 0 Å². The first-order valence-corrected chi connectivity index (χ1v) is 6.43. The smallest absolute Gasteiger partial charge is 0.0596 e. The molecular weight excluding hydrogens is 269 g/mol. The van der Waals surface area contributed by atoms with Gasteiger partial charge in [0.1, 0.15) is 0 Å². The van der Waals surface area contributed by atoms with Crippen LogP contribution in [0.5, 0.6) is 0 Å². The molecule has 1 heterocycles. The Morgan fingerprint density at radius 2 is 2.06 bits per heavy atom. The van der Waals surface area contributed by atoms with Gasteiger partial charge in [-0.15, -0.1) is 0 Å². The lowest BCUT2D eigenvalue weighted by Gasteiger charge is -2.14. The lowest BCUT2D eigenvalue weighted by atomic mass is 10.0. The molecule has 1 aromatic carbocycles. The molecule has 3 nitrogen and oxygen atoms in total. The summed E-state index contributed by atoms with van der Waals surface area (Å²) < 4.78 is 1.85. The predicted molar refractivity (Wildman–Crippen MR) is 75.0 cm³/mol. The van der Waals surface area contributed by atoms with Gasteiger partial charge in [0.25, 0.3) is 0 Å². The number of benzene rings is 1. The van der Waals surface area contributed by atoms with Gasteiger partial charge >= 0.3 is 0 Å². The standard InChI is InChI=1S/C13H15Cl2N3/c1-8-5-10(18(2)17-8)7-13(16)11-4-3-9(14)6-12(11)15/h3-6,13H,7,16H2,1-2H3. The Labute approximate surface area is 117 Å². The normalized spacial score (nSPS) is 12.7. The summed E-state index contributed by atoms with van der Waals surface area (Å²) in [6.45, 7) is 1.96. The number of nitrogens with two attached hydrogens (primary N) is 1. The first-order chi connectivity index (χ1) is 8.47. The van der Waals surface area contributed by atoms with E-state index in [1.165, 1.54) is 0 Å². The predicted octanol–water partition coefficient (Wildman–Crippen LogP) is 3.28. The molecule has 0 bridgehead atoms. The topological polar surface area (TPSA) is 43.8 Å². The van der Waals surface area contributed by atoms with E-state index in [0.29, 0.717) is 16.5 Å². The van der Waals surface area contributed by atoms with Crippen molar-refractivity contribution < 1.29 is 0 Å². The van der Waals surface area contributed by atoms with Crippen molar-refractivity contribution in [3.63, 3.8) is 0 Å². The highest BCUT2D eigenvalue weighted by atomic mass is 35.5. The van der Waals surface area contributed by atoms with Gasteiger partial charge in [0.15, 0.2) is 0 Å². The third kappa shape index (κ3) is 2.86. The monoisotopic (exact) mass is 283 g/mol. The molecule has 0 saturated carbocycles. The van der Waals surface area contributed by atoms with Crippen molar-refractivity contribution in [1.82, 2.24) is 9.78 Å². The van der Waals surface area contributed by atoms with E-state index in [9.17, 15) is 0 Å². The summed E-state index contributed by atoms with van der Waals surface area (Å²) in [5.74, 6) is 0. The Hall–Kier alpha value is -1.03. The van der Waals surface area contributed by atoms with Crippen LogP contribution in [-0.2, 0) is 13.5 Å². The maximum Gasteiger partial charge on any atom is 0.0596 e. The van der Waals surface area contributed by atoms with E-state index in [2.05, 4.69) is 5.10 Å². The van der Waals surface area contributed by atoms with Crippen molar-refractivity contribution in [1.29, 1.82) is 0 Å². The average molecular weight is 284 g/mol. The van der Waals surface area contributed by atoms with E-state index in [-0.39, 0.29) is 6.04 Å². The molecule has 1 aromatic heterocycles. The Bertz CT molecular complexity index is 563. The Balaban J connectivity index is 2.21. The second-order valence-electron chi connectivity index (χ2n) is 4.38. The molecule has 2 rings (SSSR count). The van der Waals surface area contributed by atoms with Gasteiger partial charge in [-0.3, -0.25) is 4.68 Å². The van der Waals surface area contributed by atoms with Gasteiger partial charge in [-0.1, -0.05) is 29.3 Å². The van der Waals surface area contributed by atoms with Crippen LogP contribution in [0.3, 0.4) is 0 Å². The van der Waals surface area contributed by atoms with Crippen LogP contribution < -0.4 is 5.73 Å². The highest BCUT2D eigenvalue weighted by Gasteiger charge is 2.13. The molecule has 18 heavy (non-hydrogen) atoms. The van der Waals surface area contributed by atoms with Crippen LogP contribution in [0.1, 0.15) is 23.0 Å². The molecular formula is C13H15Cl2N3. The van der Waals surface area contributed by atoms with Gasteiger partial charge < -0.3 is 5.73 Å². The maximum atomic E-state index is 6.19. The zero-order valence-electron chi connectivity index (χ0n) is 10.3. The SMILES string of the molecule is Cc1cc(CC(N)c2ccc(Cl)cc2Cl)n(C)n1. The number of rotatable bonds is 3. The maximum absolute atomic E-state index is 6.19. The molecule has 0 aliphatic carbocycles. The van der Waals surface area contributed by atoms with Crippen LogP contribution in [0, 0.1) is 6.92 Å². The molecule has 96 valence electrons. The Morgan fingerprint density at radius 3 is 2.61 bits per heavy atom. The molecule has 5 heteroatoms. The second-order valence-corrected chi connectivity index (χ2v) is 5.22. The van der Waals surface area contributed by atoms with Crippen LogP contribution in [0.25, 0.3) is 0 Å². The highest BCUT2D eigenvalue weighted by molar-refractivity contribution is 6.35. The van der Waals surface area contributed by atoms with Gasteiger partial charge in [-0.25, -0.2) is 0 Å². The minimum atomic E-state index is -0.162. The van der Waals surface area contributed by atoms with Crippen LogP contribution >= 0.6 is 23.2 Å². The van der Waals surface area contributed by atoms with Crippen LogP contribution in [-0.4, -0.2) is 9.78 Å². The lowest BCUT2D eigenvalue weighted by Crippen LogP contribution is -2.15. The van der Waals surface area contributed by atoms with Crippen LogP contribution in [0.15, 0.2) is 24.3 Å². The molecule has 1 unspecified atom stereocenters. The van der Waals surface area contributed by atoms with Crippen molar-refractivity contribution in [3.05, 3.63) is 51.3 Å². The zero-order chi connectivity index (χ0) is 13.3. The van der Waals surface area contributed by atoms with Gasteiger partial charge in [0, 0.05) is 35.2 Å². The summed E-state index contributed by atoms with van der Waals surface area (Å²) in [6, 6.07) is 7.26. The summed E-state index contributed by atoms with van der Waals surface area (Å²) in [7, 11) is 1.92. The van der Waals surface area contributed by atoms with Crippen molar-refractivity contribution in [2.24, 2.45) is 12.8 Å². The molecule has 0 saturated heterocycles. The summed E-state index contributed by atoms with van der Waals surface area (Å²) in [5, 5.41) is 5.52. The number of halogens is 2. The summed E-state index contributed by atoms with van der Waals surface area (Å²) in [6.07, 6.45) is 0.693. The highest BCUT2D eigenvalue weighted by Crippen LogP contribution is 2.27. The molecule has 0 aliphatic heterocycles. The summed E-state index contributed by atoms with van der Waals surface area (Å²) in [4.78, 5) is 0. The largest absolute Gasteiger partial charge is 0.324 e. The lowest BCUT2D eigenvalue weighted by molar-refractivity contribution is 0.640. The third-order valence-electron chi connectivity index (χ3n) is 2.89. The van der Waals surface area contributed by atoms with E-state index in [0.717, 1.165) is 17.0 Å². The number of hydrogen-bond donors (Lipinski definition) is 1. The zero-order valence-corrected chi connectivity index (χ0v) is 11.8. The molecule has 0 radical (unpaired) electrons. The van der Waals surface area contributed by atoms with E-state index >= 15 is 0 Å². The average Bonchev–Trinajstić information content (AvgIpc) is 2.57. The van der Waals surface area contributed by atoms with E-state index in [1.54, 1.807) is 12.1 Å². The van der Waals surface area contributed by atoms with Crippen LogP contribution in [0.4, 0.5) is 0 Å². The molecule has 0 amide bonds. The molecule has 2 aromatic rings. The third-order valence-corrected chi connectivity index (χ3v) is 3.45. The van der Waals surface area contributed by atoms with Crippen LogP contribution in [0.2, 0.25) is 10.0 Å². The second kappa shape index (κ2) is 5.31. The van der Waals surface area contributed by atoms with E-state index in [4.69, 9.17) is 28.9 Å². The first-order valence-electron chi connectivity index (χ1n) is 5.67. The first kappa shape index (κ1) is 13.4. The van der Waals surface area contributed by atoms with Gasteiger partial charge in [0.2, 0.25) is 0 Å². The fourth-order valence-electron chi connectivity index (χ4n) is 1.99. The molecule has 0 fully saturated rings. The number of hydrogen-bond acceptors (Lipinski definition) is 2. The van der Waals surface area contributed by atoms with E-state index < -0.39 is 0 Å². The van der Waals surface area contributed by atoms with Crippen molar-refractivity contribution in [2.45, 2.75) is 19.4 Å². The molecule has 2 N–H and O–H groups in total. The van der Waals surface area contributed by atoms with Gasteiger partial charge in [-0.2, -0.15) is 5.10 Å². The Kier molecular flexibility index (Phi) is 3.95. The summed E-state index contributed by atoms with van der Waals surface area (Å²) in [5.41, 5.74) is 9.17. The fraction of sp³-hybridized carbons (Fsp3) is 0.308. The quantitative estimate of drug-likeness (QED) is 0.940. The number of aromatic nitrogens is 2. The number of nitrogens with zero attached hydrogens (tertiary/aromatic N) is 2. The number of aryl methyl sites for hydroxylation is 2. The van der Waals surface area contributed by atoms with Crippen molar-refractivity contribution in [2.75, 3.05) is 0 Å². The Morgan fingerprint density at radius 1 is 1.33 bits per heavy atom. The fourth-order valence-corrected chi connectivity index (χ4v) is 2.54. The minimum Gasteiger partial charge on any atom is -0.324 e. The molecule has 1 atom stereocenters. The molecule has 0 aliphatic rings. The van der Waals surface area contributed by atoms with E-state index in [1.807, 2.05) is 30.8 Å². The minimum absolute atomic E-state index is 0.162. The van der Waals surface area contributed by atoms with Gasteiger partial charge in [-0.05, 0) is 30.7 Å². The van der Waals surface area contributed by atoms with Gasteiger partial charge in [0.05, 0.1) is 5.69 Å². The molecule has 0 spiro atoms. The van der Waals surface area contributed by atoms with Crippen molar-refractivity contribution >= 4 is 23.2 Å².